The van der Waals surface area contributed by atoms with Crippen molar-refractivity contribution in [2.45, 2.75) is 57.5 Å². The Balaban J connectivity index is 1.42. The fraction of sp³-hybridized carbons (Fsp3) is 0.435. The molecule has 2 bridgehead atoms. The lowest BCUT2D eigenvalue weighted by atomic mass is 9.95. The molecule has 4 atom stereocenters. The van der Waals surface area contributed by atoms with Crippen LogP contribution in [0.4, 0.5) is 13.2 Å². The topological polar surface area (TPSA) is 86.0 Å². The fourth-order valence-electron chi connectivity index (χ4n) is 5.15. The highest BCUT2D eigenvalue weighted by Gasteiger charge is 2.54. The van der Waals surface area contributed by atoms with Crippen LogP contribution in [0.1, 0.15) is 47.9 Å². The van der Waals surface area contributed by atoms with Crippen molar-refractivity contribution in [1.82, 2.24) is 29.9 Å². The zero-order chi connectivity index (χ0) is 24.0. The van der Waals surface area contributed by atoms with Crippen molar-refractivity contribution in [3.63, 3.8) is 0 Å². The molecular formula is C23H23F3N6O2. The van der Waals surface area contributed by atoms with Gasteiger partial charge in [-0.2, -0.15) is 23.4 Å². The summed E-state index contributed by atoms with van der Waals surface area (Å²) in [4.78, 5) is 25.4. The lowest BCUT2D eigenvalue weighted by Crippen LogP contribution is -2.52. The highest BCUT2D eigenvalue weighted by Crippen LogP contribution is 2.46. The Morgan fingerprint density at radius 1 is 1.15 bits per heavy atom. The van der Waals surface area contributed by atoms with E-state index in [1.54, 1.807) is 12.1 Å². The van der Waals surface area contributed by atoms with Crippen LogP contribution in [0.2, 0.25) is 0 Å². The summed E-state index contributed by atoms with van der Waals surface area (Å²) in [5, 5.41) is 8.30. The highest BCUT2D eigenvalue weighted by atomic mass is 19.4. The number of ether oxygens (including phenoxy) is 1. The predicted molar refractivity (Wildman–Crippen MR) is 114 cm³/mol. The first-order valence-corrected chi connectivity index (χ1v) is 11.1. The molecular weight excluding hydrogens is 449 g/mol. The summed E-state index contributed by atoms with van der Waals surface area (Å²) in [5.74, 6) is 0.111. The van der Waals surface area contributed by atoms with Crippen molar-refractivity contribution in [3.05, 3.63) is 59.8 Å². The lowest BCUT2D eigenvalue weighted by molar-refractivity contribution is -0.137. The minimum absolute atomic E-state index is 0.0265. The van der Waals surface area contributed by atoms with E-state index in [0.29, 0.717) is 17.8 Å². The van der Waals surface area contributed by atoms with E-state index in [2.05, 4.69) is 20.2 Å². The molecule has 8 nitrogen and oxygen atoms in total. The highest BCUT2D eigenvalue weighted by molar-refractivity contribution is 5.96. The van der Waals surface area contributed by atoms with Crippen LogP contribution >= 0.6 is 0 Å². The maximum atomic E-state index is 13.8. The van der Waals surface area contributed by atoms with Crippen LogP contribution in [0.5, 0.6) is 5.88 Å². The Bertz CT molecular complexity index is 1180. The van der Waals surface area contributed by atoms with Gasteiger partial charge in [0.1, 0.15) is 11.8 Å². The van der Waals surface area contributed by atoms with E-state index in [4.69, 9.17) is 4.74 Å². The number of alkyl halides is 3. The van der Waals surface area contributed by atoms with Crippen LogP contribution in [-0.2, 0) is 6.18 Å². The van der Waals surface area contributed by atoms with Gasteiger partial charge in [0.2, 0.25) is 5.88 Å². The third kappa shape index (κ3) is 3.88. The van der Waals surface area contributed by atoms with Gasteiger partial charge in [0.15, 0.2) is 5.69 Å². The van der Waals surface area contributed by atoms with Crippen LogP contribution < -0.4 is 4.74 Å². The van der Waals surface area contributed by atoms with Gasteiger partial charge in [-0.25, -0.2) is 9.97 Å². The minimum Gasteiger partial charge on any atom is -0.472 e. The second-order valence-electron chi connectivity index (χ2n) is 8.66. The van der Waals surface area contributed by atoms with Crippen molar-refractivity contribution < 1.29 is 22.7 Å². The second kappa shape index (κ2) is 8.37. The number of fused-ring (bicyclic) bond motifs is 2. The number of carbonyl (C=O) groups is 1. The first-order valence-electron chi connectivity index (χ1n) is 11.1. The van der Waals surface area contributed by atoms with Crippen LogP contribution in [0, 0.1) is 12.8 Å². The van der Waals surface area contributed by atoms with E-state index in [1.807, 2.05) is 18.7 Å². The molecule has 0 aromatic carbocycles. The zero-order valence-corrected chi connectivity index (χ0v) is 18.6. The van der Waals surface area contributed by atoms with Gasteiger partial charge in [0.05, 0.1) is 24.0 Å². The number of hydrogen-bond acceptors (Lipinski definition) is 6. The number of aromatic nitrogens is 5. The number of nitrogens with zero attached hydrogens (tertiary/aromatic N) is 6. The van der Waals surface area contributed by atoms with E-state index >= 15 is 0 Å². The van der Waals surface area contributed by atoms with Gasteiger partial charge in [-0.3, -0.25) is 4.79 Å². The molecule has 0 unspecified atom stereocenters. The van der Waals surface area contributed by atoms with Gasteiger partial charge in [-0.05, 0) is 50.3 Å². The first kappa shape index (κ1) is 22.3. The summed E-state index contributed by atoms with van der Waals surface area (Å²) in [5.41, 5.74) is 0.605. The predicted octanol–water partition coefficient (Wildman–Crippen LogP) is 3.85. The number of amides is 1. The molecule has 1 saturated carbocycles. The molecule has 11 heteroatoms. The monoisotopic (exact) mass is 472 g/mol. The Hall–Kier alpha value is -3.50. The SMILES string of the molecule is CC[C@@H]1[C@H]2C[C@@H](Oc3ccc(C(F)(F)F)cn3)[C@H](C2)N1C(=O)c1nc(C)ccc1-n1nccn1. The van der Waals surface area contributed by atoms with Crippen LogP contribution in [0.25, 0.3) is 5.69 Å². The Morgan fingerprint density at radius 3 is 2.56 bits per heavy atom. The number of carbonyl (C=O) groups excluding carboxylic acids is 1. The summed E-state index contributed by atoms with van der Waals surface area (Å²) in [7, 11) is 0. The number of aryl methyl sites for hydroxylation is 1. The lowest BCUT2D eigenvalue weighted by Gasteiger charge is -2.39. The van der Waals surface area contributed by atoms with Crippen molar-refractivity contribution in [2.75, 3.05) is 0 Å². The Morgan fingerprint density at radius 2 is 1.91 bits per heavy atom. The van der Waals surface area contributed by atoms with Crippen LogP contribution in [0.15, 0.2) is 42.9 Å². The summed E-state index contributed by atoms with van der Waals surface area (Å²) in [6, 6.07) is 5.54. The summed E-state index contributed by atoms with van der Waals surface area (Å²) in [6.45, 7) is 3.85. The quantitative estimate of drug-likeness (QED) is 0.561. The summed E-state index contributed by atoms with van der Waals surface area (Å²) < 4.78 is 44.5. The molecule has 5 rings (SSSR count). The smallest absolute Gasteiger partial charge is 0.417 e. The molecule has 1 saturated heterocycles. The molecule has 2 fully saturated rings. The Kier molecular flexibility index (Phi) is 5.49. The normalized spacial score (nSPS) is 24.0. The van der Waals surface area contributed by atoms with Gasteiger partial charge in [-0.1, -0.05) is 6.92 Å². The van der Waals surface area contributed by atoms with E-state index in [0.717, 1.165) is 25.1 Å². The number of piperidine rings is 1. The van der Waals surface area contributed by atoms with Crippen molar-refractivity contribution in [3.8, 4) is 11.6 Å². The molecule has 1 aliphatic heterocycles. The van der Waals surface area contributed by atoms with E-state index in [9.17, 15) is 18.0 Å². The van der Waals surface area contributed by atoms with Gasteiger partial charge >= 0.3 is 6.18 Å². The molecule has 0 radical (unpaired) electrons. The van der Waals surface area contributed by atoms with Gasteiger partial charge in [-0.15, -0.1) is 4.80 Å². The molecule has 0 N–H and O–H groups in total. The molecule has 178 valence electrons. The first-order chi connectivity index (χ1) is 16.3. The largest absolute Gasteiger partial charge is 0.472 e. The third-order valence-corrected chi connectivity index (χ3v) is 6.61. The molecule has 3 aromatic rings. The number of halogens is 3. The maximum Gasteiger partial charge on any atom is 0.417 e. The minimum atomic E-state index is -4.46. The molecule has 2 aliphatic rings. The zero-order valence-electron chi connectivity index (χ0n) is 18.6. The summed E-state index contributed by atoms with van der Waals surface area (Å²) >= 11 is 0. The number of pyridine rings is 2. The third-order valence-electron chi connectivity index (χ3n) is 6.61. The van der Waals surface area contributed by atoms with Crippen molar-refractivity contribution in [1.29, 1.82) is 0 Å². The second-order valence-corrected chi connectivity index (χ2v) is 8.66. The summed E-state index contributed by atoms with van der Waals surface area (Å²) in [6.07, 6.45) is 1.25. The number of hydrogen-bond donors (Lipinski definition) is 0. The molecule has 1 aliphatic carbocycles. The number of likely N-dealkylation sites (tertiary alicyclic amines) is 1. The van der Waals surface area contributed by atoms with Gasteiger partial charge in [0.25, 0.3) is 5.91 Å². The van der Waals surface area contributed by atoms with Gasteiger partial charge < -0.3 is 9.64 Å². The van der Waals surface area contributed by atoms with E-state index in [-0.39, 0.29) is 41.6 Å². The maximum absolute atomic E-state index is 13.8. The molecule has 1 amide bonds. The van der Waals surface area contributed by atoms with E-state index in [1.165, 1.54) is 23.3 Å². The average Bonchev–Trinajstić information content (AvgIpc) is 3.54. The molecule has 0 spiro atoms. The average molecular weight is 472 g/mol. The van der Waals surface area contributed by atoms with Gasteiger partial charge in [0, 0.05) is 24.0 Å². The molecule has 3 aromatic heterocycles. The molecule has 34 heavy (non-hydrogen) atoms. The van der Waals surface area contributed by atoms with Crippen LogP contribution in [0.3, 0.4) is 0 Å². The fourth-order valence-corrected chi connectivity index (χ4v) is 5.15. The standard InChI is InChI=1S/C23H23F3N6O2/c1-3-16-14-10-18(19(11-14)34-20-7-5-15(12-27-20)23(24,25)26)31(16)22(33)21-17(6-4-13(2)30-21)32-28-8-9-29-32/h4-9,12,14,16,18-19H,3,10-11H2,1-2H3/t14-,16-,18+,19-/m1/s1. The van der Waals surface area contributed by atoms with E-state index < -0.39 is 11.7 Å². The Labute approximate surface area is 193 Å². The van der Waals surface area contributed by atoms with Crippen LogP contribution in [-0.4, -0.2) is 54.0 Å². The molecule has 4 heterocycles. The van der Waals surface area contributed by atoms with Crippen molar-refractivity contribution >= 4 is 5.91 Å². The number of rotatable bonds is 5. The van der Waals surface area contributed by atoms with Crippen molar-refractivity contribution in [2.24, 2.45) is 5.92 Å².